The van der Waals surface area contributed by atoms with Gasteiger partial charge < -0.3 is 0 Å². The van der Waals surface area contributed by atoms with Gasteiger partial charge in [-0.05, 0) is 28.1 Å². The molecule has 84 valence electrons. The standard InChI is InChI=1S/C14H8BrClS/c15-14-13(9-5-1-3-7-11(9)16)10-6-2-4-8-12(10)17-14/h1-8H. The van der Waals surface area contributed by atoms with Crippen LogP contribution >= 0.6 is 38.9 Å². The topological polar surface area (TPSA) is 0 Å². The van der Waals surface area contributed by atoms with Crippen molar-refractivity contribution in [2.75, 3.05) is 0 Å². The van der Waals surface area contributed by atoms with Crippen LogP contribution in [-0.2, 0) is 0 Å². The van der Waals surface area contributed by atoms with Crippen molar-refractivity contribution in [3.8, 4) is 11.1 Å². The van der Waals surface area contributed by atoms with E-state index in [1.165, 1.54) is 15.6 Å². The van der Waals surface area contributed by atoms with Gasteiger partial charge in [-0.25, -0.2) is 0 Å². The lowest BCUT2D eigenvalue weighted by Gasteiger charge is -2.03. The van der Waals surface area contributed by atoms with E-state index in [1.807, 2.05) is 18.2 Å². The first-order valence-corrected chi connectivity index (χ1v) is 7.18. The van der Waals surface area contributed by atoms with Crippen molar-refractivity contribution in [3.05, 3.63) is 57.3 Å². The molecule has 0 aliphatic heterocycles. The summed E-state index contributed by atoms with van der Waals surface area (Å²) < 4.78 is 2.40. The lowest BCUT2D eigenvalue weighted by Crippen LogP contribution is -1.77. The summed E-state index contributed by atoms with van der Waals surface area (Å²) in [5, 5.41) is 2.04. The van der Waals surface area contributed by atoms with Crippen LogP contribution in [-0.4, -0.2) is 0 Å². The summed E-state index contributed by atoms with van der Waals surface area (Å²) in [7, 11) is 0. The summed E-state index contributed by atoms with van der Waals surface area (Å²) in [6, 6.07) is 16.3. The Hall–Kier alpha value is -0.830. The number of hydrogen-bond acceptors (Lipinski definition) is 1. The quantitative estimate of drug-likeness (QED) is 0.516. The first kappa shape index (κ1) is 11.3. The maximum absolute atomic E-state index is 6.27. The minimum absolute atomic E-state index is 0.789. The van der Waals surface area contributed by atoms with Crippen LogP contribution in [0.15, 0.2) is 52.3 Å². The fraction of sp³-hybridized carbons (Fsp3) is 0. The minimum atomic E-state index is 0.789. The molecule has 0 radical (unpaired) electrons. The van der Waals surface area contributed by atoms with Crippen molar-refractivity contribution in [1.82, 2.24) is 0 Å². The van der Waals surface area contributed by atoms with Crippen molar-refractivity contribution in [2.45, 2.75) is 0 Å². The zero-order valence-electron chi connectivity index (χ0n) is 8.78. The summed E-state index contributed by atoms with van der Waals surface area (Å²) in [5.74, 6) is 0. The second kappa shape index (κ2) is 4.45. The summed E-state index contributed by atoms with van der Waals surface area (Å²) in [6.07, 6.45) is 0. The predicted molar refractivity (Wildman–Crippen MR) is 80.0 cm³/mol. The van der Waals surface area contributed by atoms with Gasteiger partial charge in [-0.15, -0.1) is 11.3 Å². The predicted octanol–water partition coefficient (Wildman–Crippen LogP) is 5.98. The highest BCUT2D eigenvalue weighted by Crippen LogP contribution is 2.44. The van der Waals surface area contributed by atoms with E-state index in [0.717, 1.165) is 14.4 Å². The molecule has 0 amide bonds. The summed E-state index contributed by atoms with van der Waals surface area (Å²) >= 11 is 11.7. The van der Waals surface area contributed by atoms with E-state index in [-0.39, 0.29) is 0 Å². The monoisotopic (exact) mass is 322 g/mol. The normalized spacial score (nSPS) is 10.9. The van der Waals surface area contributed by atoms with Gasteiger partial charge in [-0.3, -0.25) is 0 Å². The molecular weight excluding hydrogens is 316 g/mol. The third-order valence-corrected chi connectivity index (χ3v) is 4.87. The summed E-state index contributed by atoms with van der Waals surface area (Å²) in [4.78, 5) is 0. The highest BCUT2D eigenvalue weighted by molar-refractivity contribution is 9.11. The maximum atomic E-state index is 6.27. The number of halogens is 2. The minimum Gasteiger partial charge on any atom is -0.128 e. The number of thiophene rings is 1. The Morgan fingerprint density at radius 2 is 1.65 bits per heavy atom. The lowest BCUT2D eigenvalue weighted by atomic mass is 10.1. The van der Waals surface area contributed by atoms with Crippen molar-refractivity contribution in [3.63, 3.8) is 0 Å². The molecule has 0 bridgehead atoms. The van der Waals surface area contributed by atoms with Crippen LogP contribution in [0.2, 0.25) is 5.02 Å². The Labute approximate surface area is 117 Å². The Bertz CT molecular complexity index is 688. The SMILES string of the molecule is Clc1ccccc1-c1c(Br)sc2ccccc12. The molecular formula is C14H8BrClS. The van der Waals surface area contributed by atoms with Gasteiger partial charge in [0, 0.05) is 26.2 Å². The zero-order chi connectivity index (χ0) is 11.8. The van der Waals surface area contributed by atoms with Crippen LogP contribution in [0.4, 0.5) is 0 Å². The molecule has 0 nitrogen and oxygen atoms in total. The van der Waals surface area contributed by atoms with Gasteiger partial charge in [-0.2, -0.15) is 0 Å². The molecule has 0 aliphatic rings. The van der Waals surface area contributed by atoms with Gasteiger partial charge >= 0.3 is 0 Å². The van der Waals surface area contributed by atoms with Crippen molar-refractivity contribution >= 4 is 49.0 Å². The van der Waals surface area contributed by atoms with E-state index in [4.69, 9.17) is 11.6 Å². The molecule has 3 aromatic rings. The molecule has 1 heterocycles. The van der Waals surface area contributed by atoms with Crippen LogP contribution in [0.5, 0.6) is 0 Å². The fourth-order valence-corrected chi connectivity index (χ4v) is 4.05. The molecule has 0 unspecified atom stereocenters. The molecule has 3 heteroatoms. The van der Waals surface area contributed by atoms with Gasteiger partial charge in [0.2, 0.25) is 0 Å². The lowest BCUT2D eigenvalue weighted by molar-refractivity contribution is 1.67. The third kappa shape index (κ3) is 1.90. The number of benzene rings is 2. The van der Waals surface area contributed by atoms with E-state index in [2.05, 4.69) is 46.3 Å². The molecule has 0 saturated carbocycles. The van der Waals surface area contributed by atoms with Gasteiger partial charge in [0.05, 0.1) is 3.79 Å². The molecule has 2 aromatic carbocycles. The molecule has 17 heavy (non-hydrogen) atoms. The average molecular weight is 324 g/mol. The second-order valence-electron chi connectivity index (χ2n) is 3.73. The van der Waals surface area contributed by atoms with E-state index in [1.54, 1.807) is 11.3 Å². The average Bonchev–Trinajstić information content (AvgIpc) is 2.66. The van der Waals surface area contributed by atoms with E-state index in [9.17, 15) is 0 Å². The second-order valence-corrected chi connectivity index (χ2v) is 6.50. The fourth-order valence-electron chi connectivity index (χ4n) is 1.93. The van der Waals surface area contributed by atoms with Crippen LogP contribution in [0.1, 0.15) is 0 Å². The van der Waals surface area contributed by atoms with Crippen LogP contribution < -0.4 is 0 Å². The van der Waals surface area contributed by atoms with Crippen LogP contribution in [0.3, 0.4) is 0 Å². The van der Waals surface area contributed by atoms with E-state index >= 15 is 0 Å². The zero-order valence-corrected chi connectivity index (χ0v) is 11.9. The van der Waals surface area contributed by atoms with Gasteiger partial charge in [0.15, 0.2) is 0 Å². The smallest absolute Gasteiger partial charge is 0.0789 e. The highest BCUT2D eigenvalue weighted by Gasteiger charge is 2.13. The van der Waals surface area contributed by atoms with Crippen LogP contribution in [0, 0.1) is 0 Å². The molecule has 0 saturated heterocycles. The van der Waals surface area contributed by atoms with Gasteiger partial charge in [0.1, 0.15) is 0 Å². The Morgan fingerprint density at radius 3 is 2.47 bits per heavy atom. The summed E-state index contributed by atoms with van der Waals surface area (Å²) in [6.45, 7) is 0. The summed E-state index contributed by atoms with van der Waals surface area (Å²) in [5.41, 5.74) is 2.27. The maximum Gasteiger partial charge on any atom is 0.0789 e. The number of fused-ring (bicyclic) bond motifs is 1. The van der Waals surface area contributed by atoms with Crippen LogP contribution in [0.25, 0.3) is 21.2 Å². The van der Waals surface area contributed by atoms with Gasteiger partial charge in [0.25, 0.3) is 0 Å². The molecule has 0 aliphatic carbocycles. The van der Waals surface area contributed by atoms with Gasteiger partial charge in [-0.1, -0.05) is 48.0 Å². The molecule has 0 fully saturated rings. The first-order chi connectivity index (χ1) is 8.27. The largest absolute Gasteiger partial charge is 0.128 e. The number of hydrogen-bond donors (Lipinski definition) is 0. The highest BCUT2D eigenvalue weighted by atomic mass is 79.9. The number of rotatable bonds is 1. The van der Waals surface area contributed by atoms with Crippen molar-refractivity contribution < 1.29 is 0 Å². The van der Waals surface area contributed by atoms with E-state index < -0.39 is 0 Å². The molecule has 1 aromatic heterocycles. The third-order valence-electron chi connectivity index (χ3n) is 2.70. The van der Waals surface area contributed by atoms with Crippen molar-refractivity contribution in [1.29, 1.82) is 0 Å². The Morgan fingerprint density at radius 1 is 0.941 bits per heavy atom. The molecule has 0 atom stereocenters. The van der Waals surface area contributed by atoms with E-state index in [0.29, 0.717) is 0 Å². The molecule has 3 rings (SSSR count). The molecule has 0 spiro atoms. The Balaban J connectivity index is 2.38. The van der Waals surface area contributed by atoms with Crippen molar-refractivity contribution in [2.24, 2.45) is 0 Å². The first-order valence-electron chi connectivity index (χ1n) is 5.19. The molecule has 0 N–H and O–H groups in total. The Kier molecular flexibility index (Phi) is 2.95.